The Morgan fingerprint density at radius 3 is 2.69 bits per heavy atom. The smallest absolute Gasteiger partial charge is 0.344 e. The molecule has 1 amide bonds. The van der Waals surface area contributed by atoms with Crippen molar-refractivity contribution in [2.45, 2.75) is 20.8 Å². The van der Waals surface area contributed by atoms with Crippen molar-refractivity contribution in [1.29, 1.82) is 0 Å². The molecule has 1 N–H and O–H groups in total. The zero-order valence-corrected chi connectivity index (χ0v) is 18.5. The molecule has 164 valence electrons. The van der Waals surface area contributed by atoms with Crippen LogP contribution >= 0.6 is 11.3 Å². The Morgan fingerprint density at radius 1 is 1.06 bits per heavy atom. The standard InChI is InChI=1S/C23H20N2O6S/c1-12-6-14(3)22-18(7-12)32-23(25-22)24-19(26)10-30-21(28)11-29-15-4-5-16-13(2)8-20(27)31-17(16)9-15/h4-9H,10-11H2,1-3H3,(H,24,25,26). The Balaban J connectivity index is 1.30. The Labute approximate surface area is 186 Å². The highest BCUT2D eigenvalue weighted by Crippen LogP contribution is 2.29. The van der Waals surface area contributed by atoms with E-state index in [1.165, 1.54) is 23.5 Å². The summed E-state index contributed by atoms with van der Waals surface area (Å²) in [5.74, 6) is -0.857. The first-order valence-corrected chi connectivity index (χ1v) is 10.6. The van der Waals surface area contributed by atoms with E-state index in [0.29, 0.717) is 16.5 Å². The molecule has 4 aromatic rings. The summed E-state index contributed by atoms with van der Waals surface area (Å²) in [4.78, 5) is 40.0. The number of carbonyl (C=O) groups excluding carboxylic acids is 2. The number of anilines is 1. The number of rotatable bonds is 6. The summed E-state index contributed by atoms with van der Waals surface area (Å²) in [6, 6.07) is 10.4. The lowest BCUT2D eigenvalue weighted by Gasteiger charge is -2.08. The third kappa shape index (κ3) is 4.78. The minimum atomic E-state index is -0.707. The van der Waals surface area contributed by atoms with Gasteiger partial charge in [0.05, 0.1) is 10.2 Å². The summed E-state index contributed by atoms with van der Waals surface area (Å²) in [6.07, 6.45) is 0. The van der Waals surface area contributed by atoms with Gasteiger partial charge in [-0.3, -0.25) is 10.1 Å². The topological polar surface area (TPSA) is 108 Å². The number of hydrogen-bond acceptors (Lipinski definition) is 8. The summed E-state index contributed by atoms with van der Waals surface area (Å²) in [7, 11) is 0. The van der Waals surface area contributed by atoms with Crippen molar-refractivity contribution in [2.24, 2.45) is 0 Å². The van der Waals surface area contributed by atoms with Gasteiger partial charge in [0.2, 0.25) is 0 Å². The number of hydrogen-bond donors (Lipinski definition) is 1. The van der Waals surface area contributed by atoms with E-state index < -0.39 is 30.7 Å². The molecule has 0 aliphatic heterocycles. The van der Waals surface area contributed by atoms with Crippen LogP contribution < -0.4 is 15.7 Å². The number of aromatic nitrogens is 1. The SMILES string of the molecule is Cc1cc(C)c2nc(NC(=O)COC(=O)COc3ccc4c(C)cc(=O)oc4c3)sc2c1. The molecule has 4 rings (SSSR count). The van der Waals surface area contributed by atoms with Crippen LogP contribution in [0.4, 0.5) is 5.13 Å². The van der Waals surface area contributed by atoms with Gasteiger partial charge in [-0.05, 0) is 55.7 Å². The van der Waals surface area contributed by atoms with Crippen molar-refractivity contribution in [3.05, 3.63) is 63.5 Å². The summed E-state index contributed by atoms with van der Waals surface area (Å²) >= 11 is 1.36. The zero-order valence-electron chi connectivity index (χ0n) is 17.7. The molecule has 0 radical (unpaired) electrons. The number of amides is 1. The van der Waals surface area contributed by atoms with Gasteiger partial charge in [0.1, 0.15) is 11.3 Å². The largest absolute Gasteiger partial charge is 0.482 e. The molecule has 0 spiro atoms. The van der Waals surface area contributed by atoms with Gasteiger partial charge in [0, 0.05) is 17.5 Å². The van der Waals surface area contributed by atoms with Crippen LogP contribution in [0.15, 0.2) is 45.6 Å². The van der Waals surface area contributed by atoms with Gasteiger partial charge in [-0.15, -0.1) is 0 Å². The number of fused-ring (bicyclic) bond motifs is 2. The van der Waals surface area contributed by atoms with Crippen molar-refractivity contribution in [3.8, 4) is 5.75 Å². The first kappa shape index (κ1) is 21.5. The van der Waals surface area contributed by atoms with Crippen molar-refractivity contribution in [3.63, 3.8) is 0 Å². The van der Waals surface area contributed by atoms with Gasteiger partial charge < -0.3 is 13.9 Å². The minimum Gasteiger partial charge on any atom is -0.482 e. The highest BCUT2D eigenvalue weighted by atomic mass is 32.1. The van der Waals surface area contributed by atoms with Crippen LogP contribution in [0.2, 0.25) is 0 Å². The third-order valence-corrected chi connectivity index (χ3v) is 5.64. The molecular formula is C23H20N2O6S. The van der Waals surface area contributed by atoms with Gasteiger partial charge in [-0.1, -0.05) is 17.4 Å². The van der Waals surface area contributed by atoms with Crippen LogP contribution in [0.25, 0.3) is 21.2 Å². The Morgan fingerprint density at radius 2 is 1.88 bits per heavy atom. The van der Waals surface area contributed by atoms with Gasteiger partial charge in [0.15, 0.2) is 18.3 Å². The van der Waals surface area contributed by atoms with E-state index in [1.54, 1.807) is 19.1 Å². The molecule has 9 heteroatoms. The summed E-state index contributed by atoms with van der Waals surface area (Å²) in [5.41, 5.74) is 3.67. The highest BCUT2D eigenvalue weighted by Gasteiger charge is 2.13. The van der Waals surface area contributed by atoms with Gasteiger partial charge in [-0.25, -0.2) is 14.6 Å². The molecule has 2 aromatic heterocycles. The first-order valence-electron chi connectivity index (χ1n) is 9.79. The second-order valence-corrected chi connectivity index (χ2v) is 8.38. The van der Waals surface area contributed by atoms with Crippen LogP contribution in [-0.4, -0.2) is 30.1 Å². The maximum absolute atomic E-state index is 12.1. The lowest BCUT2D eigenvalue weighted by molar-refractivity contribution is -0.149. The van der Waals surface area contributed by atoms with E-state index >= 15 is 0 Å². The van der Waals surface area contributed by atoms with E-state index in [0.717, 1.165) is 32.3 Å². The first-order chi connectivity index (χ1) is 15.3. The Kier molecular flexibility index (Phi) is 5.91. The lowest BCUT2D eigenvalue weighted by Crippen LogP contribution is -2.23. The van der Waals surface area contributed by atoms with Crippen molar-refractivity contribution < 1.29 is 23.5 Å². The maximum Gasteiger partial charge on any atom is 0.344 e. The van der Waals surface area contributed by atoms with Crippen LogP contribution in [0.3, 0.4) is 0 Å². The number of carbonyl (C=O) groups is 2. The average molecular weight is 452 g/mol. The van der Waals surface area contributed by atoms with Gasteiger partial charge >= 0.3 is 11.6 Å². The quantitative estimate of drug-likeness (QED) is 0.349. The molecule has 0 saturated heterocycles. The predicted octanol–water partition coefficient (Wildman–Crippen LogP) is 3.89. The molecule has 32 heavy (non-hydrogen) atoms. The Hall–Kier alpha value is -3.72. The third-order valence-electron chi connectivity index (χ3n) is 4.72. The molecule has 0 aliphatic carbocycles. The minimum absolute atomic E-state index is 0.341. The van der Waals surface area contributed by atoms with E-state index in [2.05, 4.69) is 10.3 Å². The summed E-state index contributed by atoms with van der Waals surface area (Å²) < 4.78 is 16.5. The maximum atomic E-state index is 12.1. The molecular weight excluding hydrogens is 432 g/mol. The molecule has 2 aromatic carbocycles. The number of nitrogens with zero attached hydrogens (tertiary/aromatic N) is 1. The zero-order chi connectivity index (χ0) is 22.8. The number of thiazole rings is 1. The fourth-order valence-electron chi connectivity index (χ4n) is 3.30. The normalized spacial score (nSPS) is 11.0. The molecule has 0 bridgehead atoms. The number of nitrogens with one attached hydrogen (secondary N) is 1. The van der Waals surface area contributed by atoms with E-state index in [4.69, 9.17) is 13.9 Å². The molecule has 0 atom stereocenters. The number of esters is 1. The second-order valence-electron chi connectivity index (χ2n) is 7.35. The number of aryl methyl sites for hydroxylation is 3. The van der Waals surface area contributed by atoms with Crippen molar-refractivity contribution in [2.75, 3.05) is 18.5 Å². The molecule has 8 nitrogen and oxygen atoms in total. The number of benzene rings is 2. The fraction of sp³-hybridized carbons (Fsp3) is 0.217. The van der Waals surface area contributed by atoms with Crippen molar-refractivity contribution in [1.82, 2.24) is 4.98 Å². The Bertz CT molecular complexity index is 1410. The van der Waals surface area contributed by atoms with E-state index in [-0.39, 0.29) is 0 Å². The molecule has 0 aliphatic rings. The molecule has 0 saturated carbocycles. The van der Waals surface area contributed by atoms with Crippen LogP contribution in [-0.2, 0) is 14.3 Å². The predicted molar refractivity (Wildman–Crippen MR) is 121 cm³/mol. The van der Waals surface area contributed by atoms with Crippen molar-refractivity contribution >= 4 is 49.5 Å². The van der Waals surface area contributed by atoms with Crippen LogP contribution in [0.1, 0.15) is 16.7 Å². The lowest BCUT2D eigenvalue weighted by atomic mass is 10.1. The fourth-order valence-corrected chi connectivity index (χ4v) is 4.36. The van der Waals surface area contributed by atoms with E-state index in [1.807, 2.05) is 26.0 Å². The molecule has 2 heterocycles. The molecule has 0 unspecified atom stereocenters. The molecule has 0 fully saturated rings. The summed E-state index contributed by atoms with van der Waals surface area (Å²) in [5, 5.41) is 3.86. The highest BCUT2D eigenvalue weighted by molar-refractivity contribution is 7.22. The average Bonchev–Trinajstić information content (AvgIpc) is 3.12. The van der Waals surface area contributed by atoms with Gasteiger partial charge in [-0.2, -0.15) is 0 Å². The monoisotopic (exact) mass is 452 g/mol. The number of ether oxygens (including phenoxy) is 2. The second kappa shape index (κ2) is 8.80. The van der Waals surface area contributed by atoms with Crippen LogP contribution in [0, 0.1) is 20.8 Å². The van der Waals surface area contributed by atoms with E-state index in [9.17, 15) is 14.4 Å². The summed E-state index contributed by atoms with van der Waals surface area (Å²) in [6.45, 7) is 4.92. The van der Waals surface area contributed by atoms with Gasteiger partial charge in [0.25, 0.3) is 5.91 Å². The van der Waals surface area contributed by atoms with Crippen LogP contribution in [0.5, 0.6) is 5.75 Å².